The van der Waals surface area contributed by atoms with Crippen molar-refractivity contribution in [2.45, 2.75) is 18.9 Å². The zero-order valence-electron chi connectivity index (χ0n) is 12.2. The molecule has 2 heterocycles. The van der Waals surface area contributed by atoms with Crippen LogP contribution < -0.4 is 11.3 Å². The van der Waals surface area contributed by atoms with E-state index in [2.05, 4.69) is 5.43 Å². The number of carbonyl (C=O) groups is 2. The van der Waals surface area contributed by atoms with Gasteiger partial charge in [0.05, 0.1) is 25.9 Å². The predicted molar refractivity (Wildman–Crippen MR) is 74.9 cm³/mol. The number of hydrazine groups is 1. The molecule has 0 aromatic rings. The molecule has 1 atom stereocenters. The Hall–Kier alpha value is -1.22. The molecule has 2 aliphatic rings. The first-order chi connectivity index (χ1) is 10.1. The van der Waals surface area contributed by atoms with Crippen LogP contribution in [0.25, 0.3) is 0 Å². The topological polar surface area (TPSA) is 108 Å². The molecular weight excluding hydrogens is 276 g/mol. The molecular formula is C13H24N4O4. The van der Waals surface area contributed by atoms with Crippen LogP contribution in [0.4, 0.5) is 0 Å². The van der Waals surface area contributed by atoms with Gasteiger partial charge >= 0.3 is 0 Å². The summed E-state index contributed by atoms with van der Waals surface area (Å²) in [6, 6.07) is 0. The lowest BCUT2D eigenvalue weighted by atomic mass is 9.96. The number of likely N-dealkylation sites (tertiary alicyclic amines) is 1. The summed E-state index contributed by atoms with van der Waals surface area (Å²) in [5.41, 5.74) is 2.17. The summed E-state index contributed by atoms with van der Waals surface area (Å²) in [6.45, 7) is 3.31. The van der Waals surface area contributed by atoms with Crippen LogP contribution in [0, 0.1) is 5.92 Å². The Morgan fingerprint density at radius 2 is 2.00 bits per heavy atom. The Bertz CT molecular complexity index is 371. The first kappa shape index (κ1) is 16.2. The molecule has 0 saturated carbocycles. The normalized spacial score (nSPS) is 24.9. The number of hydrogen-bond donors (Lipinski definition) is 3. The average molecular weight is 300 g/mol. The Balaban J connectivity index is 1.75. The fourth-order valence-electron chi connectivity index (χ4n) is 2.83. The maximum atomic E-state index is 12.3. The van der Waals surface area contributed by atoms with Crippen LogP contribution in [0.2, 0.25) is 0 Å². The van der Waals surface area contributed by atoms with Crippen LogP contribution >= 0.6 is 0 Å². The minimum atomic E-state index is -0.203. The highest BCUT2D eigenvalue weighted by atomic mass is 16.5. The zero-order valence-corrected chi connectivity index (χ0v) is 12.2. The lowest BCUT2D eigenvalue weighted by molar-refractivity contribution is -0.138. The molecule has 2 fully saturated rings. The van der Waals surface area contributed by atoms with Gasteiger partial charge in [-0.15, -0.1) is 0 Å². The van der Waals surface area contributed by atoms with Gasteiger partial charge in [0.15, 0.2) is 0 Å². The molecule has 120 valence electrons. The van der Waals surface area contributed by atoms with Crippen LogP contribution in [-0.2, 0) is 14.3 Å². The van der Waals surface area contributed by atoms with Crippen molar-refractivity contribution >= 4 is 11.8 Å². The van der Waals surface area contributed by atoms with Gasteiger partial charge in [-0.3, -0.25) is 19.9 Å². The summed E-state index contributed by atoms with van der Waals surface area (Å²) in [6.07, 6.45) is 1.10. The van der Waals surface area contributed by atoms with E-state index in [-0.39, 0.29) is 30.4 Å². The molecule has 2 amide bonds. The van der Waals surface area contributed by atoms with Gasteiger partial charge < -0.3 is 14.7 Å². The molecule has 8 heteroatoms. The first-order valence-corrected chi connectivity index (χ1v) is 7.37. The van der Waals surface area contributed by atoms with E-state index in [1.165, 1.54) is 0 Å². The second-order valence-electron chi connectivity index (χ2n) is 5.57. The largest absolute Gasteiger partial charge is 0.394 e. The predicted octanol–water partition coefficient (Wildman–Crippen LogP) is -2.09. The number of hydrogen-bond acceptors (Lipinski definition) is 6. The van der Waals surface area contributed by atoms with E-state index < -0.39 is 0 Å². The van der Waals surface area contributed by atoms with Crippen molar-refractivity contribution < 1.29 is 19.4 Å². The number of ether oxygens (including phenoxy) is 1. The van der Waals surface area contributed by atoms with Crippen LogP contribution in [0.3, 0.4) is 0 Å². The molecule has 8 nitrogen and oxygen atoms in total. The van der Waals surface area contributed by atoms with Gasteiger partial charge in [0, 0.05) is 32.1 Å². The van der Waals surface area contributed by atoms with E-state index in [4.69, 9.17) is 15.7 Å². The summed E-state index contributed by atoms with van der Waals surface area (Å²) in [5, 5.41) is 9.10. The zero-order chi connectivity index (χ0) is 15.2. The van der Waals surface area contributed by atoms with Gasteiger partial charge in [-0.2, -0.15) is 0 Å². The molecule has 2 rings (SSSR count). The van der Waals surface area contributed by atoms with E-state index in [0.717, 1.165) is 0 Å². The number of nitrogens with zero attached hydrogens (tertiary/aromatic N) is 2. The summed E-state index contributed by atoms with van der Waals surface area (Å²) in [4.78, 5) is 27.5. The lowest BCUT2D eigenvalue weighted by Gasteiger charge is -2.35. The molecule has 4 N–H and O–H groups in total. The van der Waals surface area contributed by atoms with Crippen molar-refractivity contribution in [3.05, 3.63) is 0 Å². The monoisotopic (exact) mass is 300 g/mol. The Kier molecular flexibility index (Phi) is 5.92. The van der Waals surface area contributed by atoms with Gasteiger partial charge in [-0.05, 0) is 12.8 Å². The fraction of sp³-hybridized carbons (Fsp3) is 0.846. The molecule has 0 spiro atoms. The van der Waals surface area contributed by atoms with Crippen molar-refractivity contribution in [2.75, 3.05) is 45.9 Å². The maximum Gasteiger partial charge on any atom is 0.237 e. The fourth-order valence-corrected chi connectivity index (χ4v) is 2.83. The van der Waals surface area contributed by atoms with Gasteiger partial charge in [-0.25, -0.2) is 5.84 Å². The second kappa shape index (κ2) is 7.69. The lowest BCUT2D eigenvalue weighted by Crippen LogP contribution is -2.50. The quantitative estimate of drug-likeness (QED) is 0.312. The Labute approximate surface area is 124 Å². The number of rotatable bonds is 4. The number of piperidine rings is 1. The smallest absolute Gasteiger partial charge is 0.237 e. The number of aliphatic hydroxyl groups excluding tert-OH is 1. The molecule has 0 aromatic heterocycles. The van der Waals surface area contributed by atoms with E-state index in [9.17, 15) is 9.59 Å². The molecule has 0 aliphatic carbocycles. The van der Waals surface area contributed by atoms with Crippen LogP contribution in [-0.4, -0.2) is 78.8 Å². The molecule has 21 heavy (non-hydrogen) atoms. The summed E-state index contributed by atoms with van der Waals surface area (Å²) >= 11 is 0. The third kappa shape index (κ3) is 4.37. The Morgan fingerprint density at radius 3 is 2.62 bits per heavy atom. The Morgan fingerprint density at radius 1 is 1.29 bits per heavy atom. The molecule has 1 unspecified atom stereocenters. The standard InChI is InChI=1S/C13H24N4O4/c14-15-13(20)10-1-3-17(4-2-10)12(19)8-16-5-6-21-11(7-16)9-18/h10-11,18H,1-9,14H2,(H,15,20). The third-order valence-electron chi connectivity index (χ3n) is 4.15. The van der Waals surface area contributed by atoms with Crippen molar-refractivity contribution in [1.29, 1.82) is 0 Å². The molecule has 0 bridgehead atoms. The number of carbonyl (C=O) groups excluding carboxylic acids is 2. The highest BCUT2D eigenvalue weighted by Crippen LogP contribution is 2.17. The minimum Gasteiger partial charge on any atom is -0.394 e. The van der Waals surface area contributed by atoms with Crippen molar-refractivity contribution in [3.63, 3.8) is 0 Å². The van der Waals surface area contributed by atoms with Crippen molar-refractivity contribution in [2.24, 2.45) is 11.8 Å². The third-order valence-corrected chi connectivity index (χ3v) is 4.15. The van der Waals surface area contributed by atoms with E-state index >= 15 is 0 Å². The molecule has 0 aromatic carbocycles. The van der Waals surface area contributed by atoms with Gasteiger partial charge in [0.2, 0.25) is 11.8 Å². The molecule has 2 saturated heterocycles. The number of morpholine rings is 1. The highest BCUT2D eigenvalue weighted by Gasteiger charge is 2.28. The first-order valence-electron chi connectivity index (χ1n) is 7.37. The number of aliphatic hydroxyl groups is 1. The molecule has 2 aliphatic heterocycles. The summed E-state index contributed by atoms with van der Waals surface area (Å²) in [5.74, 6) is 4.95. The van der Waals surface area contributed by atoms with E-state index in [1.54, 1.807) is 4.90 Å². The molecule has 0 radical (unpaired) electrons. The van der Waals surface area contributed by atoms with Crippen molar-refractivity contribution in [1.82, 2.24) is 15.2 Å². The van der Waals surface area contributed by atoms with Gasteiger partial charge in [-0.1, -0.05) is 0 Å². The van der Waals surface area contributed by atoms with Crippen LogP contribution in [0.1, 0.15) is 12.8 Å². The second-order valence-corrected chi connectivity index (χ2v) is 5.57. The van der Waals surface area contributed by atoms with Crippen LogP contribution in [0.15, 0.2) is 0 Å². The summed E-state index contributed by atoms with van der Waals surface area (Å²) in [7, 11) is 0. The van der Waals surface area contributed by atoms with Gasteiger partial charge in [0.25, 0.3) is 0 Å². The minimum absolute atomic E-state index is 0.0235. The number of nitrogens with two attached hydrogens (primary N) is 1. The number of nitrogens with one attached hydrogen (secondary N) is 1. The van der Waals surface area contributed by atoms with Crippen LogP contribution in [0.5, 0.6) is 0 Å². The number of amides is 2. The highest BCUT2D eigenvalue weighted by molar-refractivity contribution is 5.80. The van der Waals surface area contributed by atoms with E-state index in [0.29, 0.717) is 52.2 Å². The summed E-state index contributed by atoms with van der Waals surface area (Å²) < 4.78 is 5.36. The SMILES string of the molecule is NNC(=O)C1CCN(C(=O)CN2CCOC(CO)C2)CC1. The van der Waals surface area contributed by atoms with Crippen molar-refractivity contribution in [3.8, 4) is 0 Å². The van der Waals surface area contributed by atoms with Gasteiger partial charge in [0.1, 0.15) is 0 Å². The maximum absolute atomic E-state index is 12.3. The van der Waals surface area contributed by atoms with E-state index in [1.807, 2.05) is 4.90 Å². The average Bonchev–Trinajstić information content (AvgIpc) is 2.54.